The molecule has 0 amide bonds. The van der Waals surface area contributed by atoms with Gasteiger partial charge in [-0.25, -0.2) is 4.98 Å². The molecule has 1 aliphatic carbocycles. The lowest BCUT2D eigenvalue weighted by Gasteiger charge is -2.44. The first-order chi connectivity index (χ1) is 10.2. The van der Waals surface area contributed by atoms with Crippen LogP contribution < -0.4 is 4.90 Å². The molecule has 0 atom stereocenters. The van der Waals surface area contributed by atoms with Crippen molar-refractivity contribution in [3.8, 4) is 0 Å². The van der Waals surface area contributed by atoms with Crippen LogP contribution in [-0.2, 0) is 13.0 Å². The summed E-state index contributed by atoms with van der Waals surface area (Å²) < 4.78 is 0. The van der Waals surface area contributed by atoms with E-state index in [4.69, 9.17) is 4.98 Å². The molecule has 0 unspecified atom stereocenters. The lowest BCUT2D eigenvalue weighted by Crippen LogP contribution is -2.41. The van der Waals surface area contributed by atoms with Crippen molar-refractivity contribution in [3.05, 3.63) is 23.4 Å². The van der Waals surface area contributed by atoms with Crippen molar-refractivity contribution >= 4 is 5.82 Å². The van der Waals surface area contributed by atoms with Crippen molar-refractivity contribution < 1.29 is 5.11 Å². The van der Waals surface area contributed by atoms with E-state index in [1.54, 1.807) is 0 Å². The van der Waals surface area contributed by atoms with Gasteiger partial charge in [0.2, 0.25) is 0 Å². The van der Waals surface area contributed by atoms with Crippen molar-refractivity contribution in [1.29, 1.82) is 0 Å². The molecule has 21 heavy (non-hydrogen) atoms. The first kappa shape index (κ1) is 14.8. The molecule has 116 valence electrons. The van der Waals surface area contributed by atoms with Crippen LogP contribution in [0.4, 0.5) is 5.82 Å². The standard InChI is InChI=1S/C18H28N2O/c1-2-16-12-15(14-21)13-17(19-16)20-10-8-18(9-11-20)6-4-3-5-7-18/h12-13,21H,2-11,14H2,1H3. The molecular weight excluding hydrogens is 260 g/mol. The predicted molar refractivity (Wildman–Crippen MR) is 86.5 cm³/mol. The molecular formula is C18H28N2O. The average molecular weight is 288 g/mol. The van der Waals surface area contributed by atoms with Crippen molar-refractivity contribution in [2.45, 2.75) is 64.9 Å². The molecule has 2 fully saturated rings. The second kappa shape index (κ2) is 6.35. The first-order valence-corrected chi connectivity index (χ1v) is 8.60. The summed E-state index contributed by atoms with van der Waals surface area (Å²) in [4.78, 5) is 7.20. The van der Waals surface area contributed by atoms with Gasteiger partial charge in [0.1, 0.15) is 5.82 Å². The first-order valence-electron chi connectivity index (χ1n) is 8.60. The minimum atomic E-state index is 0.111. The molecule has 1 N–H and O–H groups in total. The van der Waals surface area contributed by atoms with Gasteiger partial charge < -0.3 is 10.0 Å². The normalized spacial score (nSPS) is 21.7. The summed E-state index contributed by atoms with van der Waals surface area (Å²) in [5.41, 5.74) is 2.72. The van der Waals surface area contributed by atoms with Crippen molar-refractivity contribution in [2.75, 3.05) is 18.0 Å². The quantitative estimate of drug-likeness (QED) is 0.921. The summed E-state index contributed by atoms with van der Waals surface area (Å²) in [6.07, 6.45) is 10.7. The minimum Gasteiger partial charge on any atom is -0.392 e. The molecule has 1 spiro atoms. The Hall–Kier alpha value is -1.09. The number of anilines is 1. The van der Waals surface area contributed by atoms with Crippen LogP contribution in [0.5, 0.6) is 0 Å². The fourth-order valence-corrected chi connectivity index (χ4v) is 4.08. The van der Waals surface area contributed by atoms with Crippen LogP contribution in [0.3, 0.4) is 0 Å². The minimum absolute atomic E-state index is 0.111. The number of aryl methyl sites for hydroxylation is 1. The van der Waals surface area contributed by atoms with Gasteiger partial charge in [-0.15, -0.1) is 0 Å². The third-order valence-corrected chi connectivity index (χ3v) is 5.53. The maximum atomic E-state index is 9.43. The second-order valence-electron chi connectivity index (χ2n) is 6.88. The number of aliphatic hydroxyl groups excluding tert-OH is 1. The monoisotopic (exact) mass is 288 g/mol. The summed E-state index contributed by atoms with van der Waals surface area (Å²) in [6, 6.07) is 4.09. The van der Waals surface area contributed by atoms with Crippen LogP contribution in [0.2, 0.25) is 0 Å². The molecule has 3 rings (SSSR count). The van der Waals surface area contributed by atoms with E-state index in [9.17, 15) is 5.11 Å². The lowest BCUT2D eigenvalue weighted by atomic mass is 9.68. The molecule has 1 aromatic heterocycles. The van der Waals surface area contributed by atoms with E-state index in [-0.39, 0.29) is 6.61 Å². The van der Waals surface area contributed by atoms with E-state index in [1.807, 2.05) is 6.07 Å². The average Bonchev–Trinajstić information content (AvgIpc) is 2.55. The summed E-state index contributed by atoms with van der Waals surface area (Å²) in [6.45, 7) is 4.50. The topological polar surface area (TPSA) is 36.4 Å². The summed E-state index contributed by atoms with van der Waals surface area (Å²) in [7, 11) is 0. The number of piperidine rings is 1. The Morgan fingerprint density at radius 3 is 2.43 bits per heavy atom. The summed E-state index contributed by atoms with van der Waals surface area (Å²) in [5, 5.41) is 9.43. The Balaban J connectivity index is 1.71. The van der Waals surface area contributed by atoms with Crippen LogP contribution in [0, 0.1) is 5.41 Å². The van der Waals surface area contributed by atoms with E-state index < -0.39 is 0 Å². The molecule has 2 heterocycles. The van der Waals surface area contributed by atoms with E-state index in [0.717, 1.165) is 36.6 Å². The van der Waals surface area contributed by atoms with Gasteiger partial charge in [-0.1, -0.05) is 26.2 Å². The molecule has 0 radical (unpaired) electrons. The fraction of sp³-hybridized carbons (Fsp3) is 0.722. The number of pyridine rings is 1. The van der Waals surface area contributed by atoms with E-state index in [1.165, 1.54) is 44.9 Å². The number of nitrogens with zero attached hydrogens (tertiary/aromatic N) is 2. The predicted octanol–water partition coefficient (Wildman–Crippen LogP) is 3.69. The summed E-state index contributed by atoms with van der Waals surface area (Å²) >= 11 is 0. The van der Waals surface area contributed by atoms with Crippen molar-refractivity contribution in [3.63, 3.8) is 0 Å². The summed E-state index contributed by atoms with van der Waals surface area (Å²) in [5.74, 6) is 1.07. The van der Waals surface area contributed by atoms with Gasteiger partial charge in [-0.3, -0.25) is 0 Å². The van der Waals surface area contributed by atoms with Crippen LogP contribution in [0.25, 0.3) is 0 Å². The Bertz CT molecular complexity index is 448. The molecule has 1 aliphatic heterocycles. The molecule has 3 heteroatoms. The number of aromatic nitrogens is 1. The van der Waals surface area contributed by atoms with Gasteiger partial charge >= 0.3 is 0 Å². The Morgan fingerprint density at radius 1 is 1.10 bits per heavy atom. The molecule has 1 saturated heterocycles. The second-order valence-corrected chi connectivity index (χ2v) is 6.88. The van der Waals surface area contributed by atoms with Gasteiger partial charge in [0.05, 0.1) is 6.61 Å². The third-order valence-electron chi connectivity index (χ3n) is 5.53. The highest BCUT2D eigenvalue weighted by molar-refractivity contribution is 5.43. The van der Waals surface area contributed by atoms with E-state index in [0.29, 0.717) is 5.41 Å². The van der Waals surface area contributed by atoms with E-state index >= 15 is 0 Å². The molecule has 3 nitrogen and oxygen atoms in total. The molecule has 1 aromatic rings. The smallest absolute Gasteiger partial charge is 0.129 e. The zero-order valence-electron chi connectivity index (χ0n) is 13.3. The van der Waals surface area contributed by atoms with Gasteiger partial charge in [0, 0.05) is 18.8 Å². The number of aliphatic hydroxyl groups is 1. The maximum absolute atomic E-state index is 9.43. The number of rotatable bonds is 3. The van der Waals surface area contributed by atoms with Gasteiger partial charge in [-0.05, 0) is 55.2 Å². The van der Waals surface area contributed by atoms with Crippen LogP contribution in [0.15, 0.2) is 12.1 Å². The highest BCUT2D eigenvalue weighted by Crippen LogP contribution is 2.45. The van der Waals surface area contributed by atoms with Crippen molar-refractivity contribution in [2.24, 2.45) is 5.41 Å². The van der Waals surface area contributed by atoms with Crippen LogP contribution in [0.1, 0.15) is 63.1 Å². The molecule has 0 aromatic carbocycles. The van der Waals surface area contributed by atoms with Gasteiger partial charge in [0.15, 0.2) is 0 Å². The van der Waals surface area contributed by atoms with Gasteiger partial charge in [-0.2, -0.15) is 0 Å². The Morgan fingerprint density at radius 2 is 1.81 bits per heavy atom. The largest absolute Gasteiger partial charge is 0.392 e. The molecule has 1 saturated carbocycles. The molecule has 2 aliphatic rings. The van der Waals surface area contributed by atoms with Crippen molar-refractivity contribution in [1.82, 2.24) is 4.98 Å². The highest BCUT2D eigenvalue weighted by atomic mass is 16.3. The Labute approximate surface area is 128 Å². The third kappa shape index (κ3) is 3.23. The van der Waals surface area contributed by atoms with Gasteiger partial charge in [0.25, 0.3) is 0 Å². The molecule has 0 bridgehead atoms. The zero-order chi connectivity index (χ0) is 14.7. The maximum Gasteiger partial charge on any atom is 0.129 e. The fourth-order valence-electron chi connectivity index (χ4n) is 4.08. The highest BCUT2D eigenvalue weighted by Gasteiger charge is 2.35. The van der Waals surface area contributed by atoms with E-state index in [2.05, 4.69) is 17.9 Å². The number of hydrogen-bond acceptors (Lipinski definition) is 3. The van der Waals surface area contributed by atoms with Crippen LogP contribution >= 0.6 is 0 Å². The Kier molecular flexibility index (Phi) is 4.48. The SMILES string of the molecule is CCc1cc(CO)cc(N2CCC3(CCCCC3)CC2)n1. The number of hydrogen-bond donors (Lipinski definition) is 1. The van der Waals surface area contributed by atoms with Crippen LogP contribution in [-0.4, -0.2) is 23.2 Å². The lowest BCUT2D eigenvalue weighted by molar-refractivity contribution is 0.144. The zero-order valence-corrected chi connectivity index (χ0v) is 13.3.